The van der Waals surface area contributed by atoms with Crippen molar-refractivity contribution < 1.29 is 0 Å². The van der Waals surface area contributed by atoms with Gasteiger partial charge >= 0.3 is 0 Å². The third kappa shape index (κ3) is 2.55. The molecular formula is C28H38. The molecule has 6 rings (SSSR count). The summed E-state index contributed by atoms with van der Waals surface area (Å²) < 4.78 is 0. The quantitative estimate of drug-likeness (QED) is 0.489. The second-order valence-corrected chi connectivity index (χ2v) is 11.8. The standard InChI is InChI=1S/C28H38/c1-28(2,21-14-13-20(17-21)26-16-18-11-12-19(26)15-18)27-24-9-5-3-7-22(24)23-8-4-6-10-25(23)27/h3-10,18-27H,11-17H2,1-2H3/t18?,19?,20-,21?,22-,23+,24?,25?,26?,27?/m1/s1. The van der Waals surface area contributed by atoms with Crippen LogP contribution in [0.2, 0.25) is 0 Å². The highest BCUT2D eigenvalue weighted by atomic mass is 14.6. The summed E-state index contributed by atoms with van der Waals surface area (Å²) >= 11 is 0. The van der Waals surface area contributed by atoms with Crippen molar-refractivity contribution in [1.29, 1.82) is 0 Å². The summed E-state index contributed by atoms with van der Waals surface area (Å²) in [4.78, 5) is 0. The van der Waals surface area contributed by atoms with E-state index in [-0.39, 0.29) is 0 Å². The normalized spacial score (nSPS) is 51.1. The Morgan fingerprint density at radius 3 is 1.75 bits per heavy atom. The molecule has 0 nitrogen and oxygen atoms in total. The minimum atomic E-state index is 0.444. The maximum atomic E-state index is 2.66. The summed E-state index contributed by atoms with van der Waals surface area (Å²) in [6.07, 6.45) is 30.3. The molecule has 28 heavy (non-hydrogen) atoms. The first kappa shape index (κ1) is 17.8. The van der Waals surface area contributed by atoms with Gasteiger partial charge in [0.05, 0.1) is 0 Å². The van der Waals surface area contributed by atoms with E-state index in [4.69, 9.17) is 0 Å². The van der Waals surface area contributed by atoms with Gasteiger partial charge in [-0.05, 0) is 103 Å². The van der Waals surface area contributed by atoms with Gasteiger partial charge < -0.3 is 0 Å². The molecule has 7 unspecified atom stereocenters. The Bertz CT molecular complexity index is 699. The van der Waals surface area contributed by atoms with Gasteiger partial charge in [0.15, 0.2) is 0 Å². The van der Waals surface area contributed by atoms with Gasteiger partial charge in [0.2, 0.25) is 0 Å². The molecular weight excluding hydrogens is 336 g/mol. The molecule has 4 fully saturated rings. The van der Waals surface area contributed by atoms with Crippen LogP contribution in [-0.2, 0) is 0 Å². The third-order valence-electron chi connectivity index (χ3n) is 10.5. The number of fused-ring (bicyclic) bond motifs is 5. The third-order valence-corrected chi connectivity index (χ3v) is 10.5. The molecule has 0 heterocycles. The first-order valence-electron chi connectivity index (χ1n) is 12.3. The summed E-state index contributed by atoms with van der Waals surface area (Å²) in [5.74, 6) is 9.02. The maximum Gasteiger partial charge on any atom is -0.00954 e. The predicted octanol–water partition coefficient (Wildman–Crippen LogP) is 7.21. The first-order chi connectivity index (χ1) is 13.6. The molecule has 0 amide bonds. The Morgan fingerprint density at radius 1 is 0.607 bits per heavy atom. The SMILES string of the molecule is CC(C)(C1CC[C@@H](C2CC3CCC2C3)C1)C1C2C=CC=C[C@H]2[C@H]2C=CC=CC12. The molecule has 0 aromatic carbocycles. The fourth-order valence-corrected chi connectivity index (χ4v) is 9.24. The van der Waals surface area contributed by atoms with Crippen LogP contribution in [0.5, 0.6) is 0 Å². The van der Waals surface area contributed by atoms with Gasteiger partial charge in [-0.3, -0.25) is 0 Å². The van der Waals surface area contributed by atoms with Crippen molar-refractivity contribution in [3.8, 4) is 0 Å². The molecule has 4 saturated carbocycles. The minimum Gasteiger partial charge on any atom is -0.0805 e. The van der Waals surface area contributed by atoms with Crippen molar-refractivity contribution in [2.45, 2.75) is 58.8 Å². The van der Waals surface area contributed by atoms with Crippen molar-refractivity contribution in [1.82, 2.24) is 0 Å². The lowest BCUT2D eigenvalue weighted by Crippen LogP contribution is -2.38. The molecule has 150 valence electrons. The van der Waals surface area contributed by atoms with Crippen LogP contribution in [0, 0.1) is 64.6 Å². The average molecular weight is 375 g/mol. The molecule has 10 atom stereocenters. The monoisotopic (exact) mass is 374 g/mol. The van der Waals surface area contributed by atoms with Crippen LogP contribution in [0.3, 0.4) is 0 Å². The van der Waals surface area contributed by atoms with Crippen LogP contribution < -0.4 is 0 Å². The summed E-state index contributed by atoms with van der Waals surface area (Å²) in [7, 11) is 0. The van der Waals surface area contributed by atoms with E-state index in [1.165, 1.54) is 19.3 Å². The van der Waals surface area contributed by atoms with Crippen molar-refractivity contribution in [3.05, 3.63) is 48.6 Å². The smallest absolute Gasteiger partial charge is 0.00954 e. The van der Waals surface area contributed by atoms with Crippen molar-refractivity contribution >= 4 is 0 Å². The lowest BCUT2D eigenvalue weighted by atomic mass is 9.61. The van der Waals surface area contributed by atoms with E-state index in [9.17, 15) is 0 Å². The molecule has 0 heteroatoms. The Balaban J connectivity index is 1.24. The van der Waals surface area contributed by atoms with E-state index in [0.29, 0.717) is 5.41 Å². The number of hydrogen-bond donors (Lipinski definition) is 0. The van der Waals surface area contributed by atoms with Crippen LogP contribution in [-0.4, -0.2) is 0 Å². The fraction of sp³-hybridized carbons (Fsp3) is 0.714. The largest absolute Gasteiger partial charge is 0.0805 e. The van der Waals surface area contributed by atoms with Gasteiger partial charge in [-0.2, -0.15) is 0 Å². The zero-order valence-electron chi connectivity index (χ0n) is 17.8. The lowest BCUT2D eigenvalue weighted by Gasteiger charge is -2.44. The summed E-state index contributed by atoms with van der Waals surface area (Å²) in [6, 6.07) is 0. The van der Waals surface area contributed by atoms with Crippen LogP contribution in [0.1, 0.15) is 58.8 Å². The van der Waals surface area contributed by atoms with Crippen molar-refractivity contribution in [3.63, 3.8) is 0 Å². The van der Waals surface area contributed by atoms with Gasteiger partial charge in [0.1, 0.15) is 0 Å². The second kappa shape index (κ2) is 6.48. The van der Waals surface area contributed by atoms with Crippen LogP contribution in [0.4, 0.5) is 0 Å². The number of rotatable bonds is 3. The Hall–Kier alpha value is -1.04. The molecule has 0 aromatic rings. The van der Waals surface area contributed by atoms with Gasteiger partial charge in [-0.15, -0.1) is 0 Å². The second-order valence-electron chi connectivity index (χ2n) is 11.8. The van der Waals surface area contributed by atoms with Crippen molar-refractivity contribution in [2.75, 3.05) is 0 Å². The van der Waals surface area contributed by atoms with Gasteiger partial charge in [-0.1, -0.05) is 68.9 Å². The van der Waals surface area contributed by atoms with Gasteiger partial charge in [0.25, 0.3) is 0 Å². The molecule has 6 aliphatic carbocycles. The molecule has 0 aromatic heterocycles. The molecule has 2 bridgehead atoms. The Kier molecular flexibility index (Phi) is 4.12. The van der Waals surface area contributed by atoms with E-state index in [2.05, 4.69) is 62.5 Å². The zero-order valence-corrected chi connectivity index (χ0v) is 17.8. The van der Waals surface area contributed by atoms with Crippen LogP contribution >= 0.6 is 0 Å². The average Bonchev–Trinajstić information content (AvgIpc) is 3.49. The van der Waals surface area contributed by atoms with E-state index in [1.807, 2.05) is 0 Å². The molecule has 6 aliphatic rings. The van der Waals surface area contributed by atoms with Gasteiger partial charge in [-0.25, -0.2) is 0 Å². The molecule has 0 aliphatic heterocycles. The summed E-state index contributed by atoms with van der Waals surface area (Å²) in [5, 5.41) is 0. The van der Waals surface area contributed by atoms with Crippen molar-refractivity contribution in [2.24, 2.45) is 64.6 Å². The highest BCUT2D eigenvalue weighted by molar-refractivity contribution is 5.29. The number of allylic oxidation sites excluding steroid dienone is 8. The Morgan fingerprint density at radius 2 is 1.18 bits per heavy atom. The highest BCUT2D eigenvalue weighted by Crippen LogP contribution is 2.63. The predicted molar refractivity (Wildman–Crippen MR) is 118 cm³/mol. The molecule has 0 N–H and O–H groups in total. The van der Waals surface area contributed by atoms with E-state index >= 15 is 0 Å². The van der Waals surface area contributed by atoms with Gasteiger partial charge in [0, 0.05) is 0 Å². The Labute approximate surface area is 172 Å². The summed E-state index contributed by atoms with van der Waals surface area (Å²) in [6.45, 7) is 5.31. The minimum absolute atomic E-state index is 0.444. The molecule has 0 saturated heterocycles. The van der Waals surface area contributed by atoms with E-state index < -0.39 is 0 Å². The fourth-order valence-electron chi connectivity index (χ4n) is 9.24. The summed E-state index contributed by atoms with van der Waals surface area (Å²) in [5.41, 5.74) is 0.444. The first-order valence-corrected chi connectivity index (χ1v) is 12.3. The topological polar surface area (TPSA) is 0 Å². The van der Waals surface area contributed by atoms with Crippen LogP contribution in [0.25, 0.3) is 0 Å². The van der Waals surface area contributed by atoms with E-state index in [0.717, 1.165) is 59.2 Å². The maximum absolute atomic E-state index is 2.66. The highest BCUT2D eigenvalue weighted by Gasteiger charge is 2.56. The molecule has 0 spiro atoms. The zero-order chi connectivity index (χ0) is 18.9. The van der Waals surface area contributed by atoms with Crippen LogP contribution in [0.15, 0.2) is 48.6 Å². The lowest BCUT2D eigenvalue weighted by molar-refractivity contribution is 0.0689. The number of hydrogen-bond acceptors (Lipinski definition) is 0. The van der Waals surface area contributed by atoms with E-state index in [1.54, 1.807) is 25.7 Å². The molecule has 0 radical (unpaired) electrons.